The number of methoxy groups -OCH3 is 1. The molecule has 0 atom stereocenters. The third kappa shape index (κ3) is 7.06. The Morgan fingerprint density at radius 2 is 1.61 bits per heavy atom. The van der Waals surface area contributed by atoms with Crippen molar-refractivity contribution in [3.63, 3.8) is 0 Å². The van der Waals surface area contributed by atoms with Gasteiger partial charge in [-0.1, -0.05) is 47.5 Å². The van der Waals surface area contributed by atoms with Gasteiger partial charge in [0.2, 0.25) is 0 Å². The standard InChI is InChI=1S/C25H27Cl2NO3/c1-3-30-25-14-19(16-28-13-12-18-4-9-22(29-2)10-5-18)6-11-24(25)31-17-20-7-8-21(26)15-23(20)27/h4-11,14-15,28H,3,12-13,16-17H2,1-2H3. The fraction of sp³-hybridized carbons (Fsp3) is 0.280. The summed E-state index contributed by atoms with van der Waals surface area (Å²) in [5.74, 6) is 2.29. The van der Waals surface area contributed by atoms with E-state index in [1.54, 1.807) is 19.2 Å². The highest BCUT2D eigenvalue weighted by Crippen LogP contribution is 2.30. The second kappa shape index (κ2) is 11.8. The van der Waals surface area contributed by atoms with E-state index in [0.29, 0.717) is 29.0 Å². The minimum Gasteiger partial charge on any atom is -0.497 e. The molecule has 0 radical (unpaired) electrons. The predicted molar refractivity (Wildman–Crippen MR) is 127 cm³/mol. The molecule has 0 aromatic heterocycles. The van der Waals surface area contributed by atoms with Gasteiger partial charge in [0.25, 0.3) is 0 Å². The first-order chi connectivity index (χ1) is 15.1. The SMILES string of the molecule is CCOc1cc(CNCCc2ccc(OC)cc2)ccc1OCc1ccc(Cl)cc1Cl. The number of benzene rings is 3. The number of nitrogens with one attached hydrogen (secondary N) is 1. The fourth-order valence-corrected chi connectivity index (χ4v) is 3.56. The third-order valence-corrected chi connectivity index (χ3v) is 5.37. The first kappa shape index (κ1) is 23.3. The molecule has 1 N–H and O–H groups in total. The van der Waals surface area contributed by atoms with E-state index in [-0.39, 0.29) is 0 Å². The van der Waals surface area contributed by atoms with Gasteiger partial charge >= 0.3 is 0 Å². The maximum Gasteiger partial charge on any atom is 0.161 e. The number of hydrogen-bond acceptors (Lipinski definition) is 4. The molecule has 0 saturated carbocycles. The number of ether oxygens (including phenoxy) is 3. The van der Waals surface area contributed by atoms with Crippen molar-refractivity contribution < 1.29 is 14.2 Å². The Bertz CT molecular complexity index is 977. The van der Waals surface area contributed by atoms with Gasteiger partial charge in [0.05, 0.1) is 13.7 Å². The molecule has 0 saturated heterocycles. The van der Waals surface area contributed by atoms with Gasteiger partial charge in [0.1, 0.15) is 12.4 Å². The van der Waals surface area contributed by atoms with Gasteiger partial charge in [0.15, 0.2) is 11.5 Å². The Balaban J connectivity index is 1.54. The van der Waals surface area contributed by atoms with Crippen LogP contribution in [0.1, 0.15) is 23.6 Å². The van der Waals surface area contributed by atoms with Crippen LogP contribution >= 0.6 is 23.2 Å². The summed E-state index contributed by atoms with van der Waals surface area (Å²) in [6.45, 7) is 4.49. The summed E-state index contributed by atoms with van der Waals surface area (Å²) in [5, 5.41) is 4.67. The molecule has 0 unspecified atom stereocenters. The Morgan fingerprint density at radius 1 is 0.839 bits per heavy atom. The molecule has 6 heteroatoms. The Morgan fingerprint density at radius 3 is 2.32 bits per heavy atom. The van der Waals surface area contributed by atoms with Gasteiger partial charge in [-0.15, -0.1) is 0 Å². The lowest BCUT2D eigenvalue weighted by Gasteiger charge is -2.14. The molecule has 4 nitrogen and oxygen atoms in total. The lowest BCUT2D eigenvalue weighted by atomic mass is 10.1. The van der Waals surface area contributed by atoms with Crippen LogP contribution in [0, 0.1) is 0 Å². The molecule has 0 aliphatic heterocycles. The molecule has 0 bridgehead atoms. The van der Waals surface area contributed by atoms with Gasteiger partial charge in [-0.05, 0) is 67.4 Å². The van der Waals surface area contributed by atoms with E-state index in [9.17, 15) is 0 Å². The van der Waals surface area contributed by atoms with E-state index < -0.39 is 0 Å². The molecule has 0 heterocycles. The maximum absolute atomic E-state index is 6.24. The molecular weight excluding hydrogens is 433 g/mol. The normalized spacial score (nSPS) is 10.7. The molecule has 3 aromatic rings. The monoisotopic (exact) mass is 459 g/mol. The molecule has 164 valence electrons. The lowest BCUT2D eigenvalue weighted by Crippen LogP contribution is -2.16. The van der Waals surface area contributed by atoms with E-state index in [2.05, 4.69) is 17.4 Å². The Labute approximate surface area is 194 Å². The molecule has 31 heavy (non-hydrogen) atoms. The zero-order valence-corrected chi connectivity index (χ0v) is 19.3. The van der Waals surface area contributed by atoms with E-state index in [0.717, 1.165) is 42.1 Å². The minimum absolute atomic E-state index is 0.343. The van der Waals surface area contributed by atoms with E-state index in [1.165, 1.54) is 5.56 Å². The molecule has 0 fully saturated rings. The van der Waals surface area contributed by atoms with Gasteiger partial charge in [-0.2, -0.15) is 0 Å². The lowest BCUT2D eigenvalue weighted by molar-refractivity contribution is 0.269. The van der Waals surface area contributed by atoms with Crippen molar-refractivity contribution in [3.05, 3.63) is 87.4 Å². The largest absolute Gasteiger partial charge is 0.497 e. The van der Waals surface area contributed by atoms with E-state index in [1.807, 2.05) is 43.3 Å². The second-order valence-electron chi connectivity index (χ2n) is 7.01. The Kier molecular flexibility index (Phi) is 8.89. The first-order valence-electron chi connectivity index (χ1n) is 10.2. The summed E-state index contributed by atoms with van der Waals surface area (Å²) in [5.41, 5.74) is 3.28. The molecule has 0 amide bonds. The van der Waals surface area contributed by atoms with Crippen molar-refractivity contribution in [2.24, 2.45) is 0 Å². The summed E-state index contributed by atoms with van der Waals surface area (Å²) in [6.07, 6.45) is 0.950. The van der Waals surface area contributed by atoms with Crippen molar-refractivity contribution in [2.45, 2.75) is 26.5 Å². The van der Waals surface area contributed by atoms with Crippen LogP contribution in [-0.4, -0.2) is 20.3 Å². The highest BCUT2D eigenvalue weighted by Gasteiger charge is 2.09. The van der Waals surface area contributed by atoms with Crippen LogP contribution in [-0.2, 0) is 19.6 Å². The van der Waals surface area contributed by atoms with Crippen molar-refractivity contribution in [3.8, 4) is 17.2 Å². The highest BCUT2D eigenvalue weighted by atomic mass is 35.5. The quantitative estimate of drug-likeness (QED) is 0.341. The fourth-order valence-electron chi connectivity index (χ4n) is 3.10. The van der Waals surface area contributed by atoms with Crippen LogP contribution in [0.15, 0.2) is 60.7 Å². The minimum atomic E-state index is 0.343. The van der Waals surface area contributed by atoms with Crippen molar-refractivity contribution in [1.29, 1.82) is 0 Å². The van der Waals surface area contributed by atoms with Crippen LogP contribution in [0.25, 0.3) is 0 Å². The Hall–Kier alpha value is -2.40. The third-order valence-electron chi connectivity index (χ3n) is 4.78. The highest BCUT2D eigenvalue weighted by molar-refractivity contribution is 6.35. The number of hydrogen-bond donors (Lipinski definition) is 1. The second-order valence-corrected chi connectivity index (χ2v) is 7.86. The van der Waals surface area contributed by atoms with Crippen LogP contribution in [0.5, 0.6) is 17.2 Å². The molecule has 0 spiro atoms. The zero-order chi connectivity index (χ0) is 22.1. The zero-order valence-electron chi connectivity index (χ0n) is 17.8. The molecule has 3 aromatic carbocycles. The maximum atomic E-state index is 6.24. The van der Waals surface area contributed by atoms with E-state index in [4.69, 9.17) is 37.4 Å². The smallest absolute Gasteiger partial charge is 0.161 e. The molecule has 0 aliphatic rings. The van der Waals surface area contributed by atoms with Crippen molar-refractivity contribution in [1.82, 2.24) is 5.32 Å². The van der Waals surface area contributed by atoms with Crippen molar-refractivity contribution in [2.75, 3.05) is 20.3 Å². The van der Waals surface area contributed by atoms with E-state index >= 15 is 0 Å². The average Bonchev–Trinajstić information content (AvgIpc) is 2.78. The summed E-state index contributed by atoms with van der Waals surface area (Å²) in [4.78, 5) is 0. The number of rotatable bonds is 11. The van der Waals surface area contributed by atoms with Gasteiger partial charge in [0, 0.05) is 22.2 Å². The number of halogens is 2. The van der Waals surface area contributed by atoms with Gasteiger partial charge < -0.3 is 19.5 Å². The molecule has 0 aliphatic carbocycles. The van der Waals surface area contributed by atoms with Crippen LogP contribution in [0.3, 0.4) is 0 Å². The van der Waals surface area contributed by atoms with Crippen molar-refractivity contribution >= 4 is 23.2 Å². The van der Waals surface area contributed by atoms with Crippen LogP contribution in [0.4, 0.5) is 0 Å². The summed E-state index contributed by atoms with van der Waals surface area (Å²) < 4.78 is 17.0. The van der Waals surface area contributed by atoms with Crippen LogP contribution < -0.4 is 19.5 Å². The summed E-state index contributed by atoms with van der Waals surface area (Å²) in [7, 11) is 1.68. The summed E-state index contributed by atoms with van der Waals surface area (Å²) >= 11 is 12.2. The molecule has 3 rings (SSSR count). The molecular formula is C25H27Cl2NO3. The summed E-state index contributed by atoms with van der Waals surface area (Å²) in [6, 6.07) is 19.5. The predicted octanol–water partition coefficient (Wildman–Crippen LogP) is 6.31. The van der Waals surface area contributed by atoms with Gasteiger partial charge in [-0.25, -0.2) is 0 Å². The first-order valence-corrected chi connectivity index (χ1v) is 11.0. The van der Waals surface area contributed by atoms with Gasteiger partial charge in [-0.3, -0.25) is 0 Å². The van der Waals surface area contributed by atoms with Crippen LogP contribution in [0.2, 0.25) is 10.0 Å². The average molecular weight is 460 g/mol. The topological polar surface area (TPSA) is 39.7 Å².